The van der Waals surface area contributed by atoms with E-state index in [-0.39, 0.29) is 17.7 Å². The van der Waals surface area contributed by atoms with Gasteiger partial charge in [0.05, 0.1) is 11.3 Å². The van der Waals surface area contributed by atoms with Crippen LogP contribution in [-0.2, 0) is 9.59 Å². The second-order valence-corrected chi connectivity index (χ2v) is 5.29. The average Bonchev–Trinajstić information content (AvgIpc) is 2.36. The Balaban J connectivity index is 2.67. The molecule has 1 fully saturated rings. The summed E-state index contributed by atoms with van der Waals surface area (Å²) in [6.45, 7) is 5.27. The predicted molar refractivity (Wildman–Crippen MR) is 66.2 cm³/mol. The van der Waals surface area contributed by atoms with E-state index >= 15 is 0 Å². The highest BCUT2D eigenvalue weighted by molar-refractivity contribution is 5.84. The maximum atomic E-state index is 12.2. The first-order valence-electron chi connectivity index (χ1n) is 6.13. The van der Waals surface area contributed by atoms with E-state index in [1.54, 1.807) is 11.9 Å². The van der Waals surface area contributed by atoms with Gasteiger partial charge in [0.1, 0.15) is 0 Å². The molecule has 5 heteroatoms. The molecule has 1 heterocycles. The molecule has 0 radical (unpaired) electrons. The Morgan fingerprint density at radius 2 is 2.12 bits per heavy atom. The van der Waals surface area contributed by atoms with Crippen molar-refractivity contribution in [3.8, 4) is 0 Å². The van der Waals surface area contributed by atoms with Crippen molar-refractivity contribution in [1.82, 2.24) is 10.2 Å². The van der Waals surface area contributed by atoms with Gasteiger partial charge in [-0.2, -0.15) is 0 Å². The van der Waals surface area contributed by atoms with Crippen molar-refractivity contribution in [2.45, 2.75) is 26.7 Å². The normalized spacial score (nSPS) is 21.2. The summed E-state index contributed by atoms with van der Waals surface area (Å²) in [5, 5.41) is 2.65. The van der Waals surface area contributed by atoms with Crippen LogP contribution in [0.25, 0.3) is 0 Å². The summed E-state index contributed by atoms with van der Waals surface area (Å²) in [4.78, 5) is 25.6. The van der Waals surface area contributed by atoms with Gasteiger partial charge in [0.25, 0.3) is 0 Å². The lowest BCUT2D eigenvalue weighted by Gasteiger charge is -2.36. The minimum Gasteiger partial charge on any atom is -0.359 e. The second-order valence-electron chi connectivity index (χ2n) is 5.29. The van der Waals surface area contributed by atoms with Crippen molar-refractivity contribution >= 4 is 11.8 Å². The molecule has 1 atom stereocenters. The summed E-state index contributed by atoms with van der Waals surface area (Å²) in [6, 6.07) is 0. The summed E-state index contributed by atoms with van der Waals surface area (Å²) in [5.41, 5.74) is 5.07. The summed E-state index contributed by atoms with van der Waals surface area (Å²) in [7, 11) is 1.63. The van der Waals surface area contributed by atoms with Gasteiger partial charge in [-0.15, -0.1) is 0 Å². The monoisotopic (exact) mass is 241 g/mol. The molecule has 0 aromatic rings. The molecule has 3 N–H and O–H groups in total. The van der Waals surface area contributed by atoms with E-state index in [0.29, 0.717) is 13.1 Å². The summed E-state index contributed by atoms with van der Waals surface area (Å²) in [5.74, 6) is -0.00654. The Morgan fingerprint density at radius 1 is 1.47 bits per heavy atom. The highest BCUT2D eigenvalue weighted by Gasteiger charge is 2.34. The highest BCUT2D eigenvalue weighted by Crippen LogP contribution is 2.23. The van der Waals surface area contributed by atoms with Gasteiger partial charge in [-0.1, -0.05) is 0 Å². The fourth-order valence-electron chi connectivity index (χ4n) is 2.10. The van der Waals surface area contributed by atoms with Crippen LogP contribution in [0, 0.1) is 11.3 Å². The maximum absolute atomic E-state index is 12.2. The number of nitrogens with zero attached hydrogens (tertiary/aromatic N) is 1. The number of nitrogens with two attached hydrogens (primary N) is 1. The zero-order valence-electron chi connectivity index (χ0n) is 11.0. The molecule has 1 aliphatic rings. The lowest BCUT2D eigenvalue weighted by Crippen LogP contribution is -2.50. The topological polar surface area (TPSA) is 75.4 Å². The van der Waals surface area contributed by atoms with Crippen molar-refractivity contribution in [1.29, 1.82) is 0 Å². The van der Waals surface area contributed by atoms with Crippen LogP contribution in [0.3, 0.4) is 0 Å². The van der Waals surface area contributed by atoms with Gasteiger partial charge >= 0.3 is 0 Å². The third-order valence-electron chi connectivity index (χ3n) is 3.42. The summed E-state index contributed by atoms with van der Waals surface area (Å²) < 4.78 is 0. The fourth-order valence-corrected chi connectivity index (χ4v) is 2.10. The molecule has 1 aliphatic heterocycles. The van der Waals surface area contributed by atoms with Crippen LogP contribution < -0.4 is 11.1 Å². The van der Waals surface area contributed by atoms with Gasteiger partial charge in [-0.3, -0.25) is 9.59 Å². The third-order valence-corrected chi connectivity index (χ3v) is 3.42. The average molecular weight is 241 g/mol. The SMILES string of the molecule is CNC(=O)C1CCCN(C(=O)C(C)(C)CN)C1. The van der Waals surface area contributed by atoms with Crippen LogP contribution in [0.5, 0.6) is 0 Å². The molecule has 0 bridgehead atoms. The number of hydrogen-bond acceptors (Lipinski definition) is 3. The van der Waals surface area contributed by atoms with Crippen molar-refractivity contribution in [2.75, 3.05) is 26.7 Å². The molecule has 2 amide bonds. The first kappa shape index (κ1) is 14.0. The number of rotatable bonds is 3. The van der Waals surface area contributed by atoms with E-state index in [0.717, 1.165) is 19.4 Å². The Morgan fingerprint density at radius 3 is 2.65 bits per heavy atom. The van der Waals surface area contributed by atoms with Gasteiger partial charge in [0.15, 0.2) is 0 Å². The van der Waals surface area contributed by atoms with E-state index in [1.165, 1.54) is 0 Å². The Kier molecular flexibility index (Phi) is 4.51. The maximum Gasteiger partial charge on any atom is 0.229 e. The van der Waals surface area contributed by atoms with Gasteiger partial charge in [0, 0.05) is 26.7 Å². The summed E-state index contributed by atoms with van der Waals surface area (Å²) in [6.07, 6.45) is 1.73. The molecule has 1 rings (SSSR count). The van der Waals surface area contributed by atoms with Crippen LogP contribution in [0.1, 0.15) is 26.7 Å². The van der Waals surface area contributed by atoms with Gasteiger partial charge < -0.3 is 16.0 Å². The molecule has 0 aliphatic carbocycles. The van der Waals surface area contributed by atoms with E-state index in [9.17, 15) is 9.59 Å². The molecule has 5 nitrogen and oxygen atoms in total. The van der Waals surface area contributed by atoms with E-state index < -0.39 is 5.41 Å². The van der Waals surface area contributed by atoms with Crippen LogP contribution in [0.15, 0.2) is 0 Å². The van der Waals surface area contributed by atoms with Gasteiger partial charge in [0.2, 0.25) is 11.8 Å². The molecule has 1 saturated heterocycles. The van der Waals surface area contributed by atoms with Crippen molar-refractivity contribution in [2.24, 2.45) is 17.1 Å². The lowest BCUT2D eigenvalue weighted by molar-refractivity contribution is -0.143. The standard InChI is InChI=1S/C12H23N3O2/c1-12(2,8-13)11(17)15-6-4-5-9(7-15)10(16)14-3/h9H,4-8,13H2,1-3H3,(H,14,16). The fraction of sp³-hybridized carbons (Fsp3) is 0.833. The molecule has 17 heavy (non-hydrogen) atoms. The highest BCUT2D eigenvalue weighted by atomic mass is 16.2. The predicted octanol–water partition coefficient (Wildman–Crippen LogP) is -0.0441. The van der Waals surface area contributed by atoms with Crippen molar-refractivity contribution in [3.63, 3.8) is 0 Å². The number of carbonyl (C=O) groups excluding carboxylic acids is 2. The molecular formula is C12H23N3O2. The van der Waals surface area contributed by atoms with Crippen LogP contribution in [0.2, 0.25) is 0 Å². The Bertz CT molecular complexity index is 302. The largest absolute Gasteiger partial charge is 0.359 e. The van der Waals surface area contributed by atoms with Crippen LogP contribution >= 0.6 is 0 Å². The Labute approximate surface area is 103 Å². The molecule has 1 unspecified atom stereocenters. The third kappa shape index (κ3) is 3.19. The zero-order chi connectivity index (χ0) is 13.1. The number of piperidine rings is 1. The molecular weight excluding hydrogens is 218 g/mol. The van der Waals surface area contributed by atoms with E-state index in [2.05, 4.69) is 5.32 Å². The zero-order valence-corrected chi connectivity index (χ0v) is 11.0. The lowest BCUT2D eigenvalue weighted by atomic mass is 9.89. The number of hydrogen-bond donors (Lipinski definition) is 2. The Hall–Kier alpha value is -1.10. The van der Waals surface area contributed by atoms with E-state index in [4.69, 9.17) is 5.73 Å². The van der Waals surface area contributed by atoms with E-state index in [1.807, 2.05) is 13.8 Å². The molecule has 0 aromatic heterocycles. The second kappa shape index (κ2) is 5.49. The minimum absolute atomic E-state index is 0.0213. The quantitative estimate of drug-likeness (QED) is 0.728. The van der Waals surface area contributed by atoms with Crippen LogP contribution in [-0.4, -0.2) is 43.4 Å². The van der Waals surface area contributed by atoms with Crippen molar-refractivity contribution in [3.05, 3.63) is 0 Å². The van der Waals surface area contributed by atoms with Gasteiger partial charge in [-0.05, 0) is 26.7 Å². The molecule has 0 aromatic carbocycles. The molecule has 98 valence electrons. The van der Waals surface area contributed by atoms with Gasteiger partial charge in [-0.25, -0.2) is 0 Å². The smallest absolute Gasteiger partial charge is 0.229 e. The first-order chi connectivity index (χ1) is 7.92. The molecule has 0 saturated carbocycles. The van der Waals surface area contributed by atoms with Crippen molar-refractivity contribution < 1.29 is 9.59 Å². The minimum atomic E-state index is -0.537. The van der Waals surface area contributed by atoms with Crippen LogP contribution in [0.4, 0.5) is 0 Å². The first-order valence-corrected chi connectivity index (χ1v) is 6.13. The molecule has 0 spiro atoms. The number of amides is 2. The summed E-state index contributed by atoms with van der Waals surface area (Å²) >= 11 is 0. The number of carbonyl (C=O) groups is 2. The number of nitrogens with one attached hydrogen (secondary N) is 1. The number of likely N-dealkylation sites (tertiary alicyclic amines) is 1.